The highest BCUT2D eigenvalue weighted by Crippen LogP contribution is 2.19. The maximum atomic E-state index is 5.12. The lowest BCUT2D eigenvalue weighted by molar-refractivity contribution is 0.161. The highest BCUT2D eigenvalue weighted by Gasteiger charge is 2.21. The molecule has 0 saturated carbocycles. The highest BCUT2D eigenvalue weighted by molar-refractivity contribution is 7.09. The first-order chi connectivity index (χ1) is 13.2. The number of methoxy groups -OCH3 is 1. The average Bonchev–Trinajstić information content (AvgIpc) is 3.18. The number of guanidine groups is 1. The molecule has 1 fully saturated rings. The van der Waals surface area contributed by atoms with Crippen LogP contribution in [0.4, 0.5) is 5.13 Å². The van der Waals surface area contributed by atoms with Gasteiger partial charge in [0, 0.05) is 70.9 Å². The molecule has 0 aliphatic carbocycles. The summed E-state index contributed by atoms with van der Waals surface area (Å²) in [6, 6.07) is 0. The molecule has 154 valence electrons. The standard InChI is InChI=1S/C18H35N7OS/c1-5-16-21-18(27-22-16)25-12-10-24(11-13-25)17(19-6-2)20-8-7-9-23(3)14-15-26-4/h5-15H2,1-4H3,(H,19,20). The van der Waals surface area contributed by atoms with Crippen molar-refractivity contribution < 1.29 is 4.74 Å². The third-order valence-electron chi connectivity index (χ3n) is 4.59. The van der Waals surface area contributed by atoms with E-state index in [0.717, 1.165) is 88.7 Å². The Morgan fingerprint density at radius 2 is 2.04 bits per heavy atom. The number of likely N-dealkylation sites (N-methyl/N-ethyl adjacent to an activating group) is 1. The summed E-state index contributed by atoms with van der Waals surface area (Å²) >= 11 is 1.51. The summed E-state index contributed by atoms with van der Waals surface area (Å²) in [4.78, 5) is 16.4. The smallest absolute Gasteiger partial charge is 0.205 e. The van der Waals surface area contributed by atoms with E-state index in [1.807, 2.05) is 0 Å². The lowest BCUT2D eigenvalue weighted by Gasteiger charge is -2.36. The molecule has 1 N–H and O–H groups in total. The molecule has 2 rings (SSSR count). The molecule has 8 nitrogen and oxygen atoms in total. The van der Waals surface area contributed by atoms with E-state index >= 15 is 0 Å². The van der Waals surface area contributed by atoms with Crippen molar-refractivity contribution in [2.24, 2.45) is 4.99 Å². The van der Waals surface area contributed by atoms with Gasteiger partial charge in [-0.25, -0.2) is 4.98 Å². The third-order valence-corrected chi connectivity index (χ3v) is 5.41. The molecule has 1 aliphatic heterocycles. The van der Waals surface area contributed by atoms with E-state index in [1.165, 1.54) is 11.5 Å². The number of aryl methyl sites for hydroxylation is 1. The topological polar surface area (TPSA) is 69.1 Å². The molecule has 0 unspecified atom stereocenters. The van der Waals surface area contributed by atoms with E-state index in [0.29, 0.717) is 0 Å². The van der Waals surface area contributed by atoms with Crippen LogP contribution in [0.1, 0.15) is 26.1 Å². The van der Waals surface area contributed by atoms with Crippen molar-refractivity contribution in [2.75, 3.05) is 78.0 Å². The Balaban J connectivity index is 1.79. The SMILES string of the molecule is CCNC(=NCCCN(C)CCOC)N1CCN(c2nc(CC)ns2)CC1. The zero-order valence-corrected chi connectivity index (χ0v) is 18.1. The van der Waals surface area contributed by atoms with Gasteiger partial charge < -0.3 is 24.8 Å². The summed E-state index contributed by atoms with van der Waals surface area (Å²) in [7, 11) is 3.87. The van der Waals surface area contributed by atoms with Gasteiger partial charge in [-0.3, -0.25) is 4.99 Å². The van der Waals surface area contributed by atoms with Crippen molar-refractivity contribution in [1.29, 1.82) is 0 Å². The summed E-state index contributed by atoms with van der Waals surface area (Å²) < 4.78 is 9.52. The predicted molar refractivity (Wildman–Crippen MR) is 113 cm³/mol. The number of nitrogens with zero attached hydrogens (tertiary/aromatic N) is 6. The number of aliphatic imine (C=N–C) groups is 1. The fourth-order valence-corrected chi connectivity index (χ4v) is 3.74. The fourth-order valence-electron chi connectivity index (χ4n) is 2.94. The summed E-state index contributed by atoms with van der Waals surface area (Å²) in [5.41, 5.74) is 0. The van der Waals surface area contributed by atoms with Gasteiger partial charge >= 0.3 is 0 Å². The number of aromatic nitrogens is 2. The van der Waals surface area contributed by atoms with Crippen molar-refractivity contribution in [3.05, 3.63) is 5.82 Å². The zero-order valence-electron chi connectivity index (χ0n) is 17.3. The van der Waals surface area contributed by atoms with Crippen molar-refractivity contribution >= 4 is 22.6 Å². The lowest BCUT2D eigenvalue weighted by atomic mass is 10.3. The van der Waals surface area contributed by atoms with Gasteiger partial charge in [0.15, 0.2) is 5.96 Å². The number of ether oxygens (including phenoxy) is 1. The van der Waals surface area contributed by atoms with Gasteiger partial charge in [-0.15, -0.1) is 0 Å². The molecule has 1 aromatic rings. The summed E-state index contributed by atoms with van der Waals surface area (Å²) in [6.07, 6.45) is 1.95. The molecule has 1 aromatic heterocycles. The van der Waals surface area contributed by atoms with Crippen LogP contribution in [0.3, 0.4) is 0 Å². The average molecular weight is 398 g/mol. The molecule has 0 radical (unpaired) electrons. The molecule has 2 heterocycles. The number of rotatable bonds is 10. The second kappa shape index (κ2) is 12.1. The van der Waals surface area contributed by atoms with Crippen LogP contribution in [-0.2, 0) is 11.2 Å². The van der Waals surface area contributed by atoms with Gasteiger partial charge in [-0.05, 0) is 26.9 Å². The highest BCUT2D eigenvalue weighted by atomic mass is 32.1. The van der Waals surface area contributed by atoms with E-state index in [2.05, 4.69) is 50.3 Å². The molecule has 1 aliphatic rings. The van der Waals surface area contributed by atoms with Crippen molar-refractivity contribution in [3.8, 4) is 0 Å². The molecule has 0 spiro atoms. The van der Waals surface area contributed by atoms with E-state index in [-0.39, 0.29) is 0 Å². The molecule has 0 bridgehead atoms. The van der Waals surface area contributed by atoms with Crippen LogP contribution in [0.2, 0.25) is 0 Å². The summed E-state index contributed by atoms with van der Waals surface area (Å²) in [5, 5.41) is 4.49. The van der Waals surface area contributed by atoms with E-state index in [1.54, 1.807) is 7.11 Å². The second-order valence-corrected chi connectivity index (χ2v) is 7.44. The van der Waals surface area contributed by atoms with Crippen LogP contribution in [0.5, 0.6) is 0 Å². The second-order valence-electron chi connectivity index (χ2n) is 6.71. The molecule has 0 atom stereocenters. The molecular weight excluding hydrogens is 362 g/mol. The quantitative estimate of drug-likeness (QED) is 0.361. The minimum Gasteiger partial charge on any atom is -0.383 e. The van der Waals surface area contributed by atoms with Gasteiger partial charge in [0.2, 0.25) is 5.13 Å². The Morgan fingerprint density at radius 1 is 1.26 bits per heavy atom. The Kier molecular flexibility index (Phi) is 9.79. The van der Waals surface area contributed by atoms with E-state index in [9.17, 15) is 0 Å². The van der Waals surface area contributed by atoms with Gasteiger partial charge in [0.1, 0.15) is 5.82 Å². The number of piperazine rings is 1. The first-order valence-electron chi connectivity index (χ1n) is 9.96. The lowest BCUT2D eigenvalue weighted by Crippen LogP contribution is -2.52. The predicted octanol–water partition coefficient (Wildman–Crippen LogP) is 1.16. The van der Waals surface area contributed by atoms with Crippen LogP contribution in [0.15, 0.2) is 4.99 Å². The first kappa shape index (κ1) is 21.8. The molecule has 0 aromatic carbocycles. The van der Waals surface area contributed by atoms with Crippen LogP contribution in [-0.4, -0.2) is 98.2 Å². The van der Waals surface area contributed by atoms with Gasteiger partial charge in [-0.1, -0.05) is 6.92 Å². The minimum absolute atomic E-state index is 0.779. The minimum atomic E-state index is 0.779. The third kappa shape index (κ3) is 7.23. The Bertz CT molecular complexity index is 558. The van der Waals surface area contributed by atoms with E-state index in [4.69, 9.17) is 9.73 Å². The molecule has 1 saturated heterocycles. The van der Waals surface area contributed by atoms with Crippen molar-refractivity contribution in [1.82, 2.24) is 24.5 Å². The van der Waals surface area contributed by atoms with Crippen LogP contribution in [0, 0.1) is 0 Å². The molecule has 27 heavy (non-hydrogen) atoms. The number of hydrogen-bond acceptors (Lipinski definition) is 7. The Labute approximate surface area is 167 Å². The maximum Gasteiger partial charge on any atom is 0.205 e. The monoisotopic (exact) mass is 397 g/mol. The fraction of sp³-hybridized carbons (Fsp3) is 0.833. The Morgan fingerprint density at radius 3 is 2.67 bits per heavy atom. The number of nitrogens with one attached hydrogen (secondary N) is 1. The van der Waals surface area contributed by atoms with E-state index < -0.39 is 0 Å². The van der Waals surface area contributed by atoms with Gasteiger partial charge in [0.05, 0.1) is 6.61 Å². The van der Waals surface area contributed by atoms with Crippen LogP contribution in [0.25, 0.3) is 0 Å². The van der Waals surface area contributed by atoms with Gasteiger partial charge in [0.25, 0.3) is 0 Å². The Hall–Kier alpha value is -1.45. The van der Waals surface area contributed by atoms with Crippen LogP contribution < -0.4 is 10.2 Å². The van der Waals surface area contributed by atoms with Crippen molar-refractivity contribution in [3.63, 3.8) is 0 Å². The van der Waals surface area contributed by atoms with Crippen molar-refractivity contribution in [2.45, 2.75) is 26.7 Å². The van der Waals surface area contributed by atoms with Gasteiger partial charge in [-0.2, -0.15) is 4.37 Å². The maximum absolute atomic E-state index is 5.12. The zero-order chi connectivity index (χ0) is 19.5. The van der Waals surface area contributed by atoms with Crippen LogP contribution >= 0.6 is 11.5 Å². The number of hydrogen-bond donors (Lipinski definition) is 1. The number of anilines is 1. The first-order valence-corrected chi connectivity index (χ1v) is 10.7. The molecular formula is C18H35N7OS. The molecule has 9 heteroatoms. The largest absolute Gasteiger partial charge is 0.383 e. The summed E-state index contributed by atoms with van der Waals surface area (Å²) in [5.74, 6) is 1.98. The summed E-state index contributed by atoms with van der Waals surface area (Å²) in [6.45, 7) is 12.6. The molecule has 0 amide bonds. The normalized spacial score (nSPS) is 15.7.